The predicted molar refractivity (Wildman–Crippen MR) is 135 cm³/mol. The average molecular weight is 465 g/mol. The molecule has 2 atom stereocenters. The van der Waals surface area contributed by atoms with E-state index in [0.717, 1.165) is 53.2 Å². The van der Waals surface area contributed by atoms with Crippen molar-refractivity contribution in [3.8, 4) is 5.75 Å². The molecule has 4 rings (SSSR count). The first-order valence-electron chi connectivity index (χ1n) is 10.0. The van der Waals surface area contributed by atoms with E-state index < -0.39 is 0 Å². The standard InChI is InChI=1S/C22H28N4OS.2H2S/c1-14-10-19(11-15(2)23-14)27-13-18-6-5-9-26(12-18)16(3)20-7-8-21-22(25-20)24-17(4)28-21;;/h7-8,10-11,16,18H,5-6,9,12-13H2,1-4H3;2*1H2/t16-,18-;;/m0../s1. The van der Waals surface area contributed by atoms with Crippen molar-refractivity contribution in [1.29, 1.82) is 0 Å². The highest BCUT2D eigenvalue weighted by Crippen LogP contribution is 2.28. The number of hydrogen-bond donors (Lipinski definition) is 0. The van der Waals surface area contributed by atoms with Crippen molar-refractivity contribution in [3.05, 3.63) is 46.4 Å². The molecule has 0 radical (unpaired) electrons. The number of pyridine rings is 2. The maximum Gasteiger partial charge on any atom is 0.170 e. The van der Waals surface area contributed by atoms with Gasteiger partial charge in [0, 0.05) is 42.0 Å². The van der Waals surface area contributed by atoms with Gasteiger partial charge < -0.3 is 4.74 Å². The van der Waals surface area contributed by atoms with Gasteiger partial charge in [-0.15, -0.1) is 11.3 Å². The van der Waals surface area contributed by atoms with E-state index >= 15 is 0 Å². The summed E-state index contributed by atoms with van der Waals surface area (Å²) in [5, 5.41) is 1.07. The number of rotatable bonds is 5. The summed E-state index contributed by atoms with van der Waals surface area (Å²) in [5.74, 6) is 1.47. The van der Waals surface area contributed by atoms with Gasteiger partial charge in [-0.05, 0) is 59.2 Å². The molecule has 0 aromatic carbocycles. The minimum atomic E-state index is 0. The van der Waals surface area contributed by atoms with Gasteiger partial charge in [0.25, 0.3) is 0 Å². The molecule has 0 amide bonds. The third-order valence-corrected chi connectivity index (χ3v) is 6.37. The molecule has 0 saturated carbocycles. The van der Waals surface area contributed by atoms with E-state index in [1.54, 1.807) is 11.3 Å². The molecule has 0 aliphatic carbocycles. The summed E-state index contributed by atoms with van der Waals surface area (Å²) in [6.07, 6.45) is 2.41. The van der Waals surface area contributed by atoms with Crippen LogP contribution in [-0.4, -0.2) is 39.5 Å². The monoisotopic (exact) mass is 464 g/mol. The van der Waals surface area contributed by atoms with Gasteiger partial charge in [-0.1, -0.05) is 0 Å². The Balaban J connectivity index is 0.00000160. The fraction of sp³-hybridized carbons (Fsp3) is 0.500. The molecule has 1 saturated heterocycles. The van der Waals surface area contributed by atoms with Crippen LogP contribution < -0.4 is 4.74 Å². The lowest BCUT2D eigenvalue weighted by atomic mass is 9.97. The maximum atomic E-state index is 6.11. The summed E-state index contributed by atoms with van der Waals surface area (Å²) in [6, 6.07) is 8.65. The molecule has 8 heteroatoms. The molecule has 1 aliphatic rings. The zero-order valence-corrected chi connectivity index (χ0v) is 20.9. The summed E-state index contributed by atoms with van der Waals surface area (Å²) in [6.45, 7) is 11.2. The Hall–Kier alpha value is -1.35. The molecule has 1 aliphatic heterocycles. The van der Waals surface area contributed by atoms with Crippen LogP contribution in [0.15, 0.2) is 24.3 Å². The molecule has 0 N–H and O–H groups in total. The molecule has 0 bridgehead atoms. The van der Waals surface area contributed by atoms with Crippen LogP contribution >= 0.6 is 38.3 Å². The molecule has 1 fully saturated rings. The van der Waals surface area contributed by atoms with Crippen molar-refractivity contribution in [1.82, 2.24) is 19.9 Å². The smallest absolute Gasteiger partial charge is 0.170 e. The fourth-order valence-corrected chi connectivity index (χ4v) is 4.81. The van der Waals surface area contributed by atoms with Crippen LogP contribution in [0.3, 0.4) is 0 Å². The van der Waals surface area contributed by atoms with Gasteiger partial charge in [-0.2, -0.15) is 27.0 Å². The first-order chi connectivity index (χ1) is 13.5. The summed E-state index contributed by atoms with van der Waals surface area (Å²) in [5.41, 5.74) is 4.01. The van der Waals surface area contributed by atoms with E-state index in [1.807, 2.05) is 32.9 Å². The highest BCUT2D eigenvalue weighted by atomic mass is 32.1. The minimum Gasteiger partial charge on any atom is -0.493 e. The number of likely N-dealkylation sites (tertiary alicyclic amines) is 1. The molecule has 0 spiro atoms. The van der Waals surface area contributed by atoms with Gasteiger partial charge in [0.15, 0.2) is 5.65 Å². The lowest BCUT2D eigenvalue weighted by molar-refractivity contribution is 0.0993. The molecule has 5 nitrogen and oxygen atoms in total. The topological polar surface area (TPSA) is 51.1 Å². The molecule has 0 unspecified atom stereocenters. The van der Waals surface area contributed by atoms with Gasteiger partial charge >= 0.3 is 0 Å². The quantitative estimate of drug-likeness (QED) is 0.526. The molecule has 3 aromatic heterocycles. The second-order valence-corrected chi connectivity index (χ2v) is 9.10. The largest absolute Gasteiger partial charge is 0.493 e. The highest BCUT2D eigenvalue weighted by molar-refractivity contribution is 7.59. The molecule has 3 aromatic rings. The van der Waals surface area contributed by atoms with Crippen molar-refractivity contribution in [3.63, 3.8) is 0 Å². The number of ether oxygens (including phenoxy) is 1. The first kappa shape index (κ1) is 24.9. The summed E-state index contributed by atoms with van der Waals surface area (Å²) in [4.78, 5) is 16.3. The molecular weight excluding hydrogens is 432 g/mol. The number of aromatic nitrogens is 3. The van der Waals surface area contributed by atoms with Crippen LogP contribution in [0.1, 0.15) is 47.9 Å². The van der Waals surface area contributed by atoms with Gasteiger partial charge in [-0.3, -0.25) is 9.88 Å². The summed E-state index contributed by atoms with van der Waals surface area (Å²) >= 11 is 1.71. The minimum absolute atomic E-state index is 0. The van der Waals surface area contributed by atoms with E-state index in [0.29, 0.717) is 12.0 Å². The lowest BCUT2D eigenvalue weighted by Gasteiger charge is -2.36. The van der Waals surface area contributed by atoms with Crippen LogP contribution in [0.25, 0.3) is 10.3 Å². The number of piperidine rings is 1. The fourth-order valence-electron chi connectivity index (χ4n) is 4.04. The Bertz CT molecular complexity index is 958. The zero-order valence-electron chi connectivity index (χ0n) is 18.1. The number of thiazole rings is 1. The Morgan fingerprint density at radius 3 is 2.57 bits per heavy atom. The SMILES string of the molecule is Cc1cc(OC[C@H]2CCCN([C@@H](C)c3ccc4sc(C)nc4n3)C2)cc(C)n1.S.S. The normalized spacial score (nSPS) is 17.8. The molecule has 4 heterocycles. The predicted octanol–water partition coefficient (Wildman–Crippen LogP) is 5.09. The van der Waals surface area contributed by atoms with E-state index in [9.17, 15) is 0 Å². The van der Waals surface area contributed by atoms with Crippen LogP contribution in [0, 0.1) is 26.7 Å². The summed E-state index contributed by atoms with van der Waals surface area (Å²) in [7, 11) is 0. The number of aryl methyl sites for hydroxylation is 3. The maximum absolute atomic E-state index is 6.11. The van der Waals surface area contributed by atoms with Crippen molar-refractivity contribution >= 4 is 48.7 Å². The Labute approximate surface area is 197 Å². The third-order valence-electron chi connectivity index (χ3n) is 5.45. The summed E-state index contributed by atoms with van der Waals surface area (Å²) < 4.78 is 7.28. The van der Waals surface area contributed by atoms with Crippen molar-refractivity contribution < 1.29 is 4.74 Å². The number of fused-ring (bicyclic) bond motifs is 1. The van der Waals surface area contributed by atoms with Crippen LogP contribution in [-0.2, 0) is 0 Å². The zero-order chi connectivity index (χ0) is 19.7. The number of hydrogen-bond acceptors (Lipinski definition) is 6. The Morgan fingerprint density at radius 2 is 1.83 bits per heavy atom. The van der Waals surface area contributed by atoms with Gasteiger partial charge in [0.05, 0.1) is 22.0 Å². The van der Waals surface area contributed by atoms with Gasteiger partial charge in [-0.25, -0.2) is 9.97 Å². The average Bonchev–Trinajstić information content (AvgIpc) is 3.04. The first-order valence-corrected chi connectivity index (χ1v) is 10.9. The second kappa shape index (κ2) is 10.8. The second-order valence-electron chi connectivity index (χ2n) is 7.87. The van der Waals surface area contributed by atoms with Gasteiger partial charge in [0.1, 0.15) is 5.75 Å². The molecule has 164 valence electrons. The van der Waals surface area contributed by atoms with Crippen molar-refractivity contribution in [2.24, 2.45) is 5.92 Å². The highest BCUT2D eigenvalue weighted by Gasteiger charge is 2.26. The van der Waals surface area contributed by atoms with E-state index in [2.05, 4.69) is 33.9 Å². The number of nitrogens with zero attached hydrogens (tertiary/aromatic N) is 4. The molecular formula is C22H32N4OS3. The van der Waals surface area contributed by atoms with Crippen LogP contribution in [0.4, 0.5) is 0 Å². The molecule has 30 heavy (non-hydrogen) atoms. The van der Waals surface area contributed by atoms with Gasteiger partial charge in [0.2, 0.25) is 0 Å². The van der Waals surface area contributed by atoms with Crippen LogP contribution in [0.5, 0.6) is 5.75 Å². The van der Waals surface area contributed by atoms with E-state index in [-0.39, 0.29) is 27.0 Å². The third kappa shape index (κ3) is 5.87. The van der Waals surface area contributed by atoms with E-state index in [1.165, 1.54) is 17.5 Å². The Morgan fingerprint density at radius 1 is 1.10 bits per heavy atom. The van der Waals surface area contributed by atoms with Crippen LogP contribution in [0.2, 0.25) is 0 Å². The van der Waals surface area contributed by atoms with Crippen molar-refractivity contribution in [2.45, 2.75) is 46.6 Å². The van der Waals surface area contributed by atoms with Crippen molar-refractivity contribution in [2.75, 3.05) is 19.7 Å². The van der Waals surface area contributed by atoms with E-state index in [4.69, 9.17) is 9.72 Å². The lowest BCUT2D eigenvalue weighted by Crippen LogP contribution is -2.39. The Kier molecular flexibility index (Phi) is 8.97.